The number of benzene rings is 1. The molecule has 3 nitrogen and oxygen atoms in total. The number of hydrogen-bond acceptors (Lipinski definition) is 4. The summed E-state index contributed by atoms with van der Waals surface area (Å²) in [5.41, 5.74) is 0.860. The van der Waals surface area contributed by atoms with Crippen molar-refractivity contribution in [1.82, 2.24) is 9.88 Å². The predicted molar refractivity (Wildman–Crippen MR) is 89.7 cm³/mol. The highest BCUT2D eigenvalue weighted by molar-refractivity contribution is 7.22. The molecule has 0 aliphatic carbocycles. The Morgan fingerprint density at radius 2 is 2.10 bits per heavy atom. The second-order valence-corrected chi connectivity index (χ2v) is 6.38. The molecular weight excluding hydrogens is 285 g/mol. The number of nitrogens with zero attached hydrogens (tertiary/aromatic N) is 2. The molecule has 0 aliphatic rings. The van der Waals surface area contributed by atoms with Crippen molar-refractivity contribution in [2.75, 3.05) is 25.0 Å². The Morgan fingerprint density at radius 3 is 2.81 bits per heavy atom. The average Bonchev–Trinajstić information content (AvgIpc) is 2.84. The standard InChI is InChI=1S/C16H24FN3S/c1-4-20(5-2)10-6-7-12(3)18-16-19-14-9-8-13(17)11-15(14)21-16/h8-9,11-12H,4-7,10H2,1-3H3,(H,18,19). The maximum atomic E-state index is 13.2. The first-order chi connectivity index (χ1) is 10.1. The topological polar surface area (TPSA) is 28.2 Å². The molecule has 1 aromatic heterocycles. The van der Waals surface area contributed by atoms with E-state index in [1.807, 2.05) is 0 Å². The van der Waals surface area contributed by atoms with Gasteiger partial charge in [-0.1, -0.05) is 25.2 Å². The largest absolute Gasteiger partial charge is 0.359 e. The minimum atomic E-state index is -0.204. The van der Waals surface area contributed by atoms with E-state index in [-0.39, 0.29) is 5.82 Å². The van der Waals surface area contributed by atoms with Crippen LogP contribution in [0.15, 0.2) is 18.2 Å². The first-order valence-corrected chi connectivity index (χ1v) is 8.49. The lowest BCUT2D eigenvalue weighted by molar-refractivity contribution is 0.295. The smallest absolute Gasteiger partial charge is 0.184 e. The highest BCUT2D eigenvalue weighted by Crippen LogP contribution is 2.27. The Labute approximate surface area is 130 Å². The quantitative estimate of drug-likeness (QED) is 0.785. The van der Waals surface area contributed by atoms with Gasteiger partial charge in [0.25, 0.3) is 0 Å². The molecule has 2 aromatic rings. The maximum Gasteiger partial charge on any atom is 0.184 e. The lowest BCUT2D eigenvalue weighted by Crippen LogP contribution is -2.25. The molecule has 1 unspecified atom stereocenters. The van der Waals surface area contributed by atoms with E-state index < -0.39 is 0 Å². The van der Waals surface area contributed by atoms with Crippen molar-refractivity contribution < 1.29 is 4.39 Å². The minimum Gasteiger partial charge on any atom is -0.359 e. The van der Waals surface area contributed by atoms with E-state index in [9.17, 15) is 4.39 Å². The number of anilines is 1. The second kappa shape index (κ2) is 7.71. The predicted octanol–water partition coefficient (Wildman–Crippen LogP) is 4.36. The van der Waals surface area contributed by atoms with Crippen molar-refractivity contribution in [3.63, 3.8) is 0 Å². The third kappa shape index (κ3) is 4.64. The van der Waals surface area contributed by atoms with Crippen LogP contribution >= 0.6 is 11.3 Å². The fraction of sp³-hybridized carbons (Fsp3) is 0.562. The van der Waals surface area contributed by atoms with Gasteiger partial charge in [-0.15, -0.1) is 0 Å². The number of nitrogens with one attached hydrogen (secondary N) is 1. The molecule has 1 heterocycles. The average molecular weight is 309 g/mol. The summed E-state index contributed by atoms with van der Waals surface area (Å²) >= 11 is 1.52. The lowest BCUT2D eigenvalue weighted by atomic mass is 10.2. The van der Waals surface area contributed by atoms with Crippen LogP contribution in [0.2, 0.25) is 0 Å². The van der Waals surface area contributed by atoms with E-state index in [0.29, 0.717) is 6.04 Å². The summed E-state index contributed by atoms with van der Waals surface area (Å²) in [6, 6.07) is 5.12. The normalized spacial score (nSPS) is 13.0. The van der Waals surface area contributed by atoms with Gasteiger partial charge in [0.1, 0.15) is 5.82 Å². The first kappa shape index (κ1) is 16.2. The number of hydrogen-bond donors (Lipinski definition) is 1. The highest BCUT2D eigenvalue weighted by atomic mass is 32.1. The third-order valence-corrected chi connectivity index (χ3v) is 4.68. The number of rotatable bonds is 8. The van der Waals surface area contributed by atoms with Crippen LogP contribution in [0.25, 0.3) is 10.2 Å². The van der Waals surface area contributed by atoms with Gasteiger partial charge in [-0.3, -0.25) is 0 Å². The zero-order valence-electron chi connectivity index (χ0n) is 13.0. The molecule has 0 saturated heterocycles. The lowest BCUT2D eigenvalue weighted by Gasteiger charge is -2.19. The summed E-state index contributed by atoms with van der Waals surface area (Å²) in [6.07, 6.45) is 2.29. The SMILES string of the molecule is CCN(CC)CCCC(C)Nc1nc2ccc(F)cc2s1. The monoisotopic (exact) mass is 309 g/mol. The van der Waals surface area contributed by atoms with E-state index >= 15 is 0 Å². The Bertz CT molecular complexity index is 566. The van der Waals surface area contributed by atoms with Crippen molar-refractivity contribution >= 4 is 26.7 Å². The Kier molecular flexibility index (Phi) is 5.94. The summed E-state index contributed by atoms with van der Waals surface area (Å²) < 4.78 is 14.1. The fourth-order valence-corrected chi connectivity index (χ4v) is 3.41. The van der Waals surface area contributed by atoms with Crippen molar-refractivity contribution in [1.29, 1.82) is 0 Å². The van der Waals surface area contributed by atoms with E-state index in [4.69, 9.17) is 0 Å². The minimum absolute atomic E-state index is 0.204. The van der Waals surface area contributed by atoms with Crippen molar-refractivity contribution in [3.8, 4) is 0 Å². The Morgan fingerprint density at radius 1 is 1.33 bits per heavy atom. The second-order valence-electron chi connectivity index (χ2n) is 5.35. The molecule has 5 heteroatoms. The number of halogens is 1. The maximum absolute atomic E-state index is 13.2. The molecule has 0 radical (unpaired) electrons. The van der Waals surface area contributed by atoms with E-state index in [1.54, 1.807) is 12.1 Å². The summed E-state index contributed by atoms with van der Waals surface area (Å²) in [7, 11) is 0. The molecule has 21 heavy (non-hydrogen) atoms. The molecule has 0 saturated carbocycles. The zero-order chi connectivity index (χ0) is 15.2. The molecule has 1 N–H and O–H groups in total. The van der Waals surface area contributed by atoms with Gasteiger partial charge >= 0.3 is 0 Å². The van der Waals surface area contributed by atoms with Crippen molar-refractivity contribution in [2.45, 2.75) is 39.7 Å². The van der Waals surface area contributed by atoms with Crippen LogP contribution in [0.4, 0.5) is 9.52 Å². The summed E-state index contributed by atoms with van der Waals surface area (Å²) in [5, 5.41) is 4.31. The fourth-order valence-electron chi connectivity index (χ4n) is 2.40. The molecule has 1 atom stereocenters. The van der Waals surface area contributed by atoms with Gasteiger partial charge in [0.15, 0.2) is 5.13 Å². The van der Waals surface area contributed by atoms with Crippen molar-refractivity contribution in [2.24, 2.45) is 0 Å². The molecule has 2 rings (SSSR count). The van der Waals surface area contributed by atoms with Gasteiger partial charge in [0, 0.05) is 6.04 Å². The molecule has 0 spiro atoms. The van der Waals surface area contributed by atoms with E-state index in [0.717, 1.165) is 41.4 Å². The zero-order valence-corrected chi connectivity index (χ0v) is 13.8. The summed E-state index contributed by atoms with van der Waals surface area (Å²) in [5.74, 6) is -0.204. The van der Waals surface area contributed by atoms with Gasteiger partial charge in [0.2, 0.25) is 0 Å². The molecule has 116 valence electrons. The number of thiazole rings is 1. The molecule has 0 fully saturated rings. The van der Waals surface area contributed by atoms with Crippen LogP contribution in [0.1, 0.15) is 33.6 Å². The van der Waals surface area contributed by atoms with Crippen molar-refractivity contribution in [3.05, 3.63) is 24.0 Å². The molecule has 1 aromatic carbocycles. The third-order valence-electron chi connectivity index (χ3n) is 3.73. The number of aromatic nitrogens is 1. The molecule has 0 amide bonds. The summed E-state index contributed by atoms with van der Waals surface area (Å²) in [6.45, 7) is 9.94. The van der Waals surface area contributed by atoms with Gasteiger partial charge in [-0.05, 0) is 57.6 Å². The van der Waals surface area contributed by atoms with Crippen LogP contribution in [-0.4, -0.2) is 35.6 Å². The summed E-state index contributed by atoms with van der Waals surface area (Å²) in [4.78, 5) is 6.94. The van der Waals surface area contributed by atoms with Gasteiger partial charge in [-0.2, -0.15) is 0 Å². The highest BCUT2D eigenvalue weighted by Gasteiger charge is 2.08. The van der Waals surface area contributed by atoms with E-state index in [2.05, 4.69) is 36.0 Å². The molecular formula is C16H24FN3S. The Balaban J connectivity index is 1.85. The molecule has 0 aliphatic heterocycles. The first-order valence-electron chi connectivity index (χ1n) is 7.67. The van der Waals surface area contributed by atoms with Gasteiger partial charge in [0.05, 0.1) is 10.2 Å². The van der Waals surface area contributed by atoms with E-state index in [1.165, 1.54) is 23.8 Å². The van der Waals surface area contributed by atoms with Crippen LogP contribution < -0.4 is 5.32 Å². The van der Waals surface area contributed by atoms with Crippen LogP contribution in [-0.2, 0) is 0 Å². The van der Waals surface area contributed by atoms with Crippen LogP contribution in [0.3, 0.4) is 0 Å². The van der Waals surface area contributed by atoms with Crippen LogP contribution in [0, 0.1) is 5.82 Å². The Hall–Kier alpha value is -1.20. The van der Waals surface area contributed by atoms with Gasteiger partial charge < -0.3 is 10.2 Å². The van der Waals surface area contributed by atoms with Gasteiger partial charge in [-0.25, -0.2) is 9.37 Å². The molecule has 0 bridgehead atoms. The number of fused-ring (bicyclic) bond motifs is 1. The van der Waals surface area contributed by atoms with Crippen LogP contribution in [0.5, 0.6) is 0 Å².